The molecule has 1 aliphatic heterocycles. The zero-order chi connectivity index (χ0) is 15.7. The van der Waals surface area contributed by atoms with Crippen molar-refractivity contribution >= 4 is 22.6 Å². The molecule has 1 aromatic heterocycles. The summed E-state index contributed by atoms with van der Waals surface area (Å²) in [6.07, 6.45) is -1.22. The molecule has 1 saturated heterocycles. The molecular weight excluding hydrogens is 297 g/mol. The monoisotopic (exact) mass is 310 g/mol. The first-order valence-corrected chi connectivity index (χ1v) is 6.75. The van der Waals surface area contributed by atoms with Gasteiger partial charge in [0, 0.05) is 24.5 Å². The second kappa shape index (κ2) is 5.78. The number of amides is 1. The number of rotatable bonds is 4. The quantitative estimate of drug-likeness (QED) is 0.931. The molecule has 3 rings (SSSR count). The number of carbonyl (C=O) groups is 1. The summed E-state index contributed by atoms with van der Waals surface area (Å²) in [7, 11) is 0. The molecule has 0 saturated carbocycles. The average Bonchev–Trinajstić information content (AvgIpc) is 2.43. The fraction of sp³-hybridized carbons (Fsp3) is 0.357. The van der Waals surface area contributed by atoms with Crippen LogP contribution in [0.2, 0.25) is 0 Å². The van der Waals surface area contributed by atoms with E-state index in [1.165, 1.54) is 18.5 Å². The number of aromatic nitrogens is 2. The Morgan fingerprint density at radius 3 is 2.86 bits per heavy atom. The molecule has 0 atom stereocenters. The molecule has 0 radical (unpaired) electrons. The normalized spacial score (nSPS) is 15.2. The molecule has 2 aromatic rings. The van der Waals surface area contributed by atoms with Crippen molar-refractivity contribution in [1.29, 1.82) is 0 Å². The van der Waals surface area contributed by atoms with Crippen LogP contribution in [-0.4, -0.2) is 41.9 Å². The summed E-state index contributed by atoms with van der Waals surface area (Å²) in [5.74, 6) is -0.502. The highest BCUT2D eigenvalue weighted by Gasteiger charge is 2.34. The zero-order valence-corrected chi connectivity index (χ0v) is 11.5. The number of anilines is 1. The third-order valence-corrected chi connectivity index (χ3v) is 3.56. The molecule has 0 unspecified atom stereocenters. The van der Waals surface area contributed by atoms with Gasteiger partial charge in [0.1, 0.15) is 18.0 Å². The summed E-state index contributed by atoms with van der Waals surface area (Å²) in [6.45, 7) is 0.141. The van der Waals surface area contributed by atoms with E-state index in [9.17, 15) is 18.0 Å². The van der Waals surface area contributed by atoms with Crippen LogP contribution in [0.15, 0.2) is 24.5 Å². The van der Waals surface area contributed by atoms with Crippen LogP contribution in [-0.2, 0) is 4.79 Å². The molecule has 0 aliphatic carbocycles. The minimum absolute atomic E-state index is 0.343. The molecule has 116 valence electrons. The topological polar surface area (TPSA) is 58.1 Å². The summed E-state index contributed by atoms with van der Waals surface area (Å²) in [5, 5.41) is 2.89. The predicted molar refractivity (Wildman–Crippen MR) is 74.2 cm³/mol. The predicted octanol–water partition coefficient (Wildman–Crippen LogP) is 1.59. The number of halogens is 3. The van der Waals surface area contributed by atoms with Crippen LogP contribution in [0, 0.1) is 11.7 Å². The fourth-order valence-electron chi connectivity index (χ4n) is 2.41. The van der Waals surface area contributed by atoms with E-state index in [0.717, 1.165) is 0 Å². The first-order valence-electron chi connectivity index (χ1n) is 6.75. The standard InChI is InChI=1S/C14H13F3N4O/c15-9-1-2-10-11(3-9)19-7-20-13(10)21-5-8(6-21)14(22)18-4-12(16)17/h1-3,7-8,12H,4-6H2,(H,18,22). The molecule has 1 fully saturated rings. The molecule has 2 heterocycles. The molecule has 0 bridgehead atoms. The molecule has 1 aliphatic rings. The van der Waals surface area contributed by atoms with Crippen LogP contribution < -0.4 is 10.2 Å². The SMILES string of the molecule is O=C(NCC(F)F)C1CN(c2ncnc3cc(F)ccc23)C1. The summed E-state index contributed by atoms with van der Waals surface area (Å²) >= 11 is 0. The molecule has 1 amide bonds. The van der Waals surface area contributed by atoms with E-state index < -0.39 is 13.0 Å². The second-order valence-corrected chi connectivity index (χ2v) is 5.10. The van der Waals surface area contributed by atoms with Crippen molar-refractivity contribution in [2.24, 2.45) is 5.92 Å². The summed E-state index contributed by atoms with van der Waals surface area (Å²) in [6, 6.07) is 4.22. The van der Waals surface area contributed by atoms with Gasteiger partial charge in [0.25, 0.3) is 6.43 Å². The van der Waals surface area contributed by atoms with E-state index in [4.69, 9.17) is 0 Å². The largest absolute Gasteiger partial charge is 0.354 e. The number of alkyl halides is 2. The number of fused-ring (bicyclic) bond motifs is 1. The Morgan fingerprint density at radius 2 is 2.14 bits per heavy atom. The maximum Gasteiger partial charge on any atom is 0.255 e. The van der Waals surface area contributed by atoms with Crippen molar-refractivity contribution in [2.75, 3.05) is 24.5 Å². The van der Waals surface area contributed by atoms with Crippen LogP contribution in [0.5, 0.6) is 0 Å². The van der Waals surface area contributed by atoms with Gasteiger partial charge in [0.15, 0.2) is 0 Å². The summed E-state index contributed by atoms with van der Waals surface area (Å²) < 4.78 is 37.3. The van der Waals surface area contributed by atoms with Gasteiger partial charge in [-0.25, -0.2) is 23.1 Å². The van der Waals surface area contributed by atoms with E-state index in [1.807, 2.05) is 4.90 Å². The number of carbonyl (C=O) groups excluding carboxylic acids is 1. The molecule has 1 N–H and O–H groups in total. The number of nitrogens with zero attached hydrogens (tertiary/aromatic N) is 3. The van der Waals surface area contributed by atoms with Crippen LogP contribution in [0.4, 0.5) is 19.0 Å². The smallest absolute Gasteiger partial charge is 0.255 e. The van der Waals surface area contributed by atoms with E-state index in [-0.39, 0.29) is 17.6 Å². The Hall–Kier alpha value is -2.38. The maximum absolute atomic E-state index is 13.2. The lowest BCUT2D eigenvalue weighted by molar-refractivity contribution is -0.126. The first-order chi connectivity index (χ1) is 10.5. The van der Waals surface area contributed by atoms with Crippen molar-refractivity contribution in [3.8, 4) is 0 Å². The Bertz CT molecular complexity index is 704. The van der Waals surface area contributed by atoms with Crippen LogP contribution in [0.3, 0.4) is 0 Å². The van der Waals surface area contributed by atoms with Crippen LogP contribution >= 0.6 is 0 Å². The highest BCUT2D eigenvalue weighted by atomic mass is 19.3. The second-order valence-electron chi connectivity index (χ2n) is 5.10. The lowest BCUT2D eigenvalue weighted by Crippen LogP contribution is -2.54. The Morgan fingerprint density at radius 1 is 1.36 bits per heavy atom. The van der Waals surface area contributed by atoms with Crippen molar-refractivity contribution in [3.63, 3.8) is 0 Å². The van der Waals surface area contributed by atoms with Gasteiger partial charge < -0.3 is 10.2 Å². The van der Waals surface area contributed by atoms with Gasteiger partial charge in [0.05, 0.1) is 18.0 Å². The molecular formula is C14H13F3N4O. The van der Waals surface area contributed by atoms with Crippen LogP contribution in [0.1, 0.15) is 0 Å². The summed E-state index contributed by atoms with van der Waals surface area (Å²) in [5.41, 5.74) is 0.482. The minimum atomic E-state index is -2.55. The molecule has 5 nitrogen and oxygen atoms in total. The van der Waals surface area contributed by atoms with E-state index >= 15 is 0 Å². The van der Waals surface area contributed by atoms with Gasteiger partial charge in [-0.05, 0) is 12.1 Å². The third kappa shape index (κ3) is 2.81. The fourth-order valence-corrected chi connectivity index (χ4v) is 2.41. The van der Waals surface area contributed by atoms with Gasteiger partial charge in [-0.15, -0.1) is 0 Å². The highest BCUT2D eigenvalue weighted by Crippen LogP contribution is 2.29. The molecule has 1 aromatic carbocycles. The van der Waals surface area contributed by atoms with E-state index in [2.05, 4.69) is 15.3 Å². The van der Waals surface area contributed by atoms with Gasteiger partial charge >= 0.3 is 0 Å². The van der Waals surface area contributed by atoms with Gasteiger partial charge in [-0.3, -0.25) is 4.79 Å². The maximum atomic E-state index is 13.2. The zero-order valence-electron chi connectivity index (χ0n) is 11.5. The van der Waals surface area contributed by atoms with Crippen LogP contribution in [0.25, 0.3) is 10.9 Å². The van der Waals surface area contributed by atoms with Crippen molar-refractivity contribution in [3.05, 3.63) is 30.3 Å². The Labute approximate surface area is 124 Å². The van der Waals surface area contributed by atoms with Gasteiger partial charge in [-0.2, -0.15) is 0 Å². The Kier molecular flexibility index (Phi) is 3.82. The number of hydrogen-bond donors (Lipinski definition) is 1. The van der Waals surface area contributed by atoms with Crippen molar-refractivity contribution in [2.45, 2.75) is 6.43 Å². The Balaban J connectivity index is 1.69. The average molecular weight is 310 g/mol. The lowest BCUT2D eigenvalue weighted by atomic mass is 9.98. The molecule has 0 spiro atoms. The third-order valence-electron chi connectivity index (χ3n) is 3.56. The number of nitrogens with one attached hydrogen (secondary N) is 1. The van der Waals surface area contributed by atoms with E-state index in [1.54, 1.807) is 6.07 Å². The molecule has 8 heteroatoms. The van der Waals surface area contributed by atoms with E-state index in [0.29, 0.717) is 29.8 Å². The van der Waals surface area contributed by atoms with Gasteiger partial charge in [0.2, 0.25) is 5.91 Å². The first kappa shape index (κ1) is 14.6. The molecule has 22 heavy (non-hydrogen) atoms. The number of hydrogen-bond acceptors (Lipinski definition) is 4. The van der Waals surface area contributed by atoms with Crippen molar-refractivity contribution in [1.82, 2.24) is 15.3 Å². The highest BCUT2D eigenvalue weighted by molar-refractivity contribution is 5.91. The summed E-state index contributed by atoms with van der Waals surface area (Å²) in [4.78, 5) is 21.7. The minimum Gasteiger partial charge on any atom is -0.354 e. The van der Waals surface area contributed by atoms with Crippen molar-refractivity contribution < 1.29 is 18.0 Å². The van der Waals surface area contributed by atoms with Gasteiger partial charge in [-0.1, -0.05) is 0 Å². The number of benzene rings is 1. The lowest BCUT2D eigenvalue weighted by Gasteiger charge is -2.39.